The smallest absolute Gasteiger partial charge is 0.317 e. The van der Waals surface area contributed by atoms with Gasteiger partial charge in [0.05, 0.1) is 18.2 Å². The highest BCUT2D eigenvalue weighted by atomic mass is 16.4. The van der Waals surface area contributed by atoms with Crippen LogP contribution in [0, 0.1) is 5.92 Å². The van der Waals surface area contributed by atoms with Crippen molar-refractivity contribution in [2.75, 3.05) is 13.6 Å². The molecule has 110 valence electrons. The van der Waals surface area contributed by atoms with Gasteiger partial charge in [0.25, 0.3) is 0 Å². The van der Waals surface area contributed by atoms with Crippen LogP contribution in [0.4, 0.5) is 4.79 Å². The summed E-state index contributed by atoms with van der Waals surface area (Å²) in [6.07, 6.45) is 2.63. The number of carbonyl (C=O) groups is 2. The largest absolute Gasteiger partial charge is 0.481 e. The predicted octanol–water partition coefficient (Wildman–Crippen LogP) is 1.51. The number of nitrogens with zero attached hydrogens (tertiary/aromatic N) is 2. The minimum Gasteiger partial charge on any atom is -0.481 e. The van der Waals surface area contributed by atoms with Crippen LogP contribution in [0.25, 0.3) is 0 Å². The molecule has 6 heteroatoms. The van der Waals surface area contributed by atoms with E-state index in [-0.39, 0.29) is 12.6 Å². The summed E-state index contributed by atoms with van der Waals surface area (Å²) in [5.74, 6) is -1.51. The van der Waals surface area contributed by atoms with Gasteiger partial charge in [-0.2, -0.15) is 0 Å². The number of hydrogen-bond donors (Lipinski definition) is 2. The minimum absolute atomic E-state index is 0.170. The highest BCUT2D eigenvalue weighted by molar-refractivity contribution is 5.75. The molecular formula is C14H21N3O3. The molecule has 0 saturated heterocycles. The van der Waals surface area contributed by atoms with Gasteiger partial charge in [-0.15, -0.1) is 0 Å². The van der Waals surface area contributed by atoms with Gasteiger partial charge in [-0.1, -0.05) is 13.8 Å². The minimum atomic E-state index is -0.915. The van der Waals surface area contributed by atoms with Crippen molar-refractivity contribution in [3.63, 3.8) is 0 Å². The average molecular weight is 279 g/mol. The van der Waals surface area contributed by atoms with E-state index in [9.17, 15) is 9.59 Å². The van der Waals surface area contributed by atoms with Crippen molar-refractivity contribution in [2.24, 2.45) is 5.92 Å². The fraction of sp³-hybridized carbons (Fsp3) is 0.500. The van der Waals surface area contributed by atoms with Crippen molar-refractivity contribution < 1.29 is 14.7 Å². The van der Waals surface area contributed by atoms with E-state index in [1.54, 1.807) is 20.2 Å². The molecule has 1 unspecified atom stereocenters. The van der Waals surface area contributed by atoms with E-state index in [1.807, 2.05) is 12.1 Å². The van der Waals surface area contributed by atoms with Crippen LogP contribution in [0.5, 0.6) is 0 Å². The van der Waals surface area contributed by atoms with E-state index in [1.165, 1.54) is 4.90 Å². The molecule has 1 atom stereocenters. The molecular weight excluding hydrogens is 258 g/mol. The molecule has 1 aromatic rings. The fourth-order valence-corrected chi connectivity index (χ4v) is 1.72. The number of amides is 2. The predicted molar refractivity (Wildman–Crippen MR) is 75.3 cm³/mol. The standard InChI is InChI=1S/C14H21N3O3/c1-4-11-5-6-15-12(7-11)8-16-14(20)17(3)9-10(2)13(18)19/h5-7,10H,4,8-9H2,1-3H3,(H,16,20)(H,18,19). The molecule has 0 radical (unpaired) electrons. The monoisotopic (exact) mass is 279 g/mol. The van der Waals surface area contributed by atoms with Crippen molar-refractivity contribution in [3.05, 3.63) is 29.6 Å². The number of nitrogens with one attached hydrogen (secondary N) is 1. The number of carbonyl (C=O) groups excluding carboxylic acids is 1. The third-order valence-corrected chi connectivity index (χ3v) is 3.03. The molecule has 2 amide bonds. The summed E-state index contributed by atoms with van der Waals surface area (Å²) in [4.78, 5) is 28.1. The highest BCUT2D eigenvalue weighted by Gasteiger charge is 2.17. The quantitative estimate of drug-likeness (QED) is 0.826. The van der Waals surface area contributed by atoms with Gasteiger partial charge in [0.15, 0.2) is 0 Å². The van der Waals surface area contributed by atoms with Gasteiger partial charge in [0, 0.05) is 19.8 Å². The molecule has 20 heavy (non-hydrogen) atoms. The van der Waals surface area contributed by atoms with Crippen LogP contribution >= 0.6 is 0 Å². The van der Waals surface area contributed by atoms with E-state index >= 15 is 0 Å². The Morgan fingerprint density at radius 1 is 1.50 bits per heavy atom. The Morgan fingerprint density at radius 2 is 2.20 bits per heavy atom. The Morgan fingerprint density at radius 3 is 2.80 bits per heavy atom. The lowest BCUT2D eigenvalue weighted by Crippen LogP contribution is -2.40. The molecule has 0 saturated carbocycles. The zero-order chi connectivity index (χ0) is 15.1. The molecule has 0 aliphatic heterocycles. The number of aliphatic carboxylic acids is 1. The number of carboxylic acids is 1. The Bertz CT molecular complexity index is 476. The van der Waals surface area contributed by atoms with Crippen molar-refractivity contribution in [1.82, 2.24) is 15.2 Å². The summed E-state index contributed by atoms with van der Waals surface area (Å²) in [6, 6.07) is 3.58. The number of carboxylic acid groups (broad SMARTS) is 1. The van der Waals surface area contributed by atoms with E-state index in [0.29, 0.717) is 6.54 Å². The molecule has 6 nitrogen and oxygen atoms in total. The molecule has 0 fully saturated rings. The number of aryl methyl sites for hydroxylation is 1. The number of urea groups is 1. The second-order valence-electron chi connectivity index (χ2n) is 4.79. The third kappa shape index (κ3) is 4.87. The molecule has 1 rings (SSSR count). The van der Waals surface area contributed by atoms with Gasteiger partial charge in [-0.25, -0.2) is 4.79 Å². The summed E-state index contributed by atoms with van der Waals surface area (Å²) >= 11 is 0. The molecule has 0 aliphatic carbocycles. The average Bonchev–Trinajstić information content (AvgIpc) is 2.44. The van der Waals surface area contributed by atoms with Crippen molar-refractivity contribution in [3.8, 4) is 0 Å². The van der Waals surface area contributed by atoms with Gasteiger partial charge in [-0.3, -0.25) is 9.78 Å². The number of aromatic nitrogens is 1. The summed E-state index contributed by atoms with van der Waals surface area (Å²) in [5.41, 5.74) is 1.95. The number of pyridine rings is 1. The first-order valence-electron chi connectivity index (χ1n) is 6.59. The first-order valence-corrected chi connectivity index (χ1v) is 6.59. The molecule has 0 aromatic carbocycles. The van der Waals surface area contributed by atoms with Crippen LogP contribution in [0.1, 0.15) is 25.1 Å². The SMILES string of the molecule is CCc1ccnc(CNC(=O)N(C)CC(C)C(=O)O)c1. The van der Waals surface area contributed by atoms with Crippen LogP contribution in [0.2, 0.25) is 0 Å². The van der Waals surface area contributed by atoms with Gasteiger partial charge >= 0.3 is 12.0 Å². The van der Waals surface area contributed by atoms with E-state index in [0.717, 1.165) is 17.7 Å². The maximum atomic E-state index is 11.8. The van der Waals surface area contributed by atoms with Gasteiger partial charge in [0.2, 0.25) is 0 Å². The molecule has 0 aliphatic rings. The fourth-order valence-electron chi connectivity index (χ4n) is 1.72. The Labute approximate surface area is 118 Å². The molecule has 1 aromatic heterocycles. The van der Waals surface area contributed by atoms with E-state index in [4.69, 9.17) is 5.11 Å². The van der Waals surface area contributed by atoms with Crippen molar-refractivity contribution >= 4 is 12.0 Å². The third-order valence-electron chi connectivity index (χ3n) is 3.03. The molecule has 1 heterocycles. The van der Waals surface area contributed by atoms with Crippen LogP contribution in [-0.2, 0) is 17.8 Å². The second kappa shape index (κ2) is 7.47. The van der Waals surface area contributed by atoms with Crippen molar-refractivity contribution in [1.29, 1.82) is 0 Å². The lowest BCUT2D eigenvalue weighted by molar-refractivity contribution is -0.141. The number of hydrogen-bond acceptors (Lipinski definition) is 3. The van der Waals surface area contributed by atoms with E-state index < -0.39 is 11.9 Å². The maximum absolute atomic E-state index is 11.8. The zero-order valence-corrected chi connectivity index (χ0v) is 12.1. The number of rotatable bonds is 6. The Hall–Kier alpha value is -2.11. The Balaban J connectivity index is 2.47. The highest BCUT2D eigenvalue weighted by Crippen LogP contribution is 2.03. The molecule has 0 spiro atoms. The van der Waals surface area contributed by atoms with Crippen LogP contribution in [0.3, 0.4) is 0 Å². The molecule has 0 bridgehead atoms. The lowest BCUT2D eigenvalue weighted by Gasteiger charge is -2.19. The summed E-state index contributed by atoms with van der Waals surface area (Å²) in [7, 11) is 1.57. The zero-order valence-electron chi connectivity index (χ0n) is 12.1. The maximum Gasteiger partial charge on any atom is 0.317 e. The molecule has 2 N–H and O–H groups in total. The topological polar surface area (TPSA) is 82.5 Å². The summed E-state index contributed by atoms with van der Waals surface area (Å²) < 4.78 is 0. The van der Waals surface area contributed by atoms with Gasteiger partial charge in [-0.05, 0) is 24.1 Å². The van der Waals surface area contributed by atoms with Gasteiger partial charge in [0.1, 0.15) is 0 Å². The van der Waals surface area contributed by atoms with E-state index in [2.05, 4.69) is 17.2 Å². The van der Waals surface area contributed by atoms with Crippen LogP contribution in [-0.4, -0.2) is 40.6 Å². The van der Waals surface area contributed by atoms with Crippen LogP contribution in [0.15, 0.2) is 18.3 Å². The summed E-state index contributed by atoms with van der Waals surface area (Å²) in [6.45, 7) is 4.12. The Kier molecular flexibility index (Phi) is 5.96. The van der Waals surface area contributed by atoms with Gasteiger partial charge < -0.3 is 15.3 Å². The van der Waals surface area contributed by atoms with Crippen molar-refractivity contribution in [2.45, 2.75) is 26.8 Å². The lowest BCUT2D eigenvalue weighted by atomic mass is 10.2. The normalized spacial score (nSPS) is 11.8. The first-order chi connectivity index (χ1) is 9.43. The second-order valence-corrected chi connectivity index (χ2v) is 4.79. The summed E-state index contributed by atoms with van der Waals surface area (Å²) in [5, 5.41) is 11.5. The first kappa shape index (κ1) is 15.9. The van der Waals surface area contributed by atoms with Crippen LogP contribution < -0.4 is 5.32 Å².